The van der Waals surface area contributed by atoms with Crippen molar-refractivity contribution in [2.45, 2.75) is 0 Å². The molecule has 5 rings (SSSR count). The van der Waals surface area contributed by atoms with Gasteiger partial charge in [-0.2, -0.15) is 0 Å². The molecule has 8 nitrogen and oxygen atoms in total. The first-order chi connectivity index (χ1) is 16.1. The maximum Gasteiger partial charge on any atom is 0.349 e. The Morgan fingerprint density at radius 2 is 1.97 bits per heavy atom. The first-order valence-corrected chi connectivity index (χ1v) is 11.7. The van der Waals surface area contributed by atoms with Gasteiger partial charge in [0.25, 0.3) is 5.91 Å². The molecule has 1 aliphatic heterocycles. The van der Waals surface area contributed by atoms with Gasteiger partial charge < -0.3 is 19.4 Å². The number of piperazine rings is 1. The molecular formula is C24H24N4O4S. The van der Waals surface area contributed by atoms with Gasteiger partial charge in [-0.3, -0.25) is 9.69 Å². The van der Waals surface area contributed by atoms with Gasteiger partial charge in [-0.25, -0.2) is 9.78 Å². The van der Waals surface area contributed by atoms with E-state index in [9.17, 15) is 9.59 Å². The Kier molecular flexibility index (Phi) is 5.97. The molecule has 2 aromatic carbocycles. The quantitative estimate of drug-likeness (QED) is 0.439. The van der Waals surface area contributed by atoms with E-state index < -0.39 is 11.5 Å². The molecule has 9 heteroatoms. The second-order valence-electron chi connectivity index (χ2n) is 7.87. The van der Waals surface area contributed by atoms with Gasteiger partial charge in [0.15, 0.2) is 5.13 Å². The molecule has 4 aromatic rings. The lowest BCUT2D eigenvalue weighted by molar-refractivity contribution is 0.0944. The summed E-state index contributed by atoms with van der Waals surface area (Å²) in [6.07, 6.45) is 0. The van der Waals surface area contributed by atoms with Crippen molar-refractivity contribution in [1.82, 2.24) is 15.2 Å². The average Bonchev–Trinajstić information content (AvgIpc) is 3.28. The van der Waals surface area contributed by atoms with Crippen LogP contribution in [-0.4, -0.2) is 62.2 Å². The second kappa shape index (κ2) is 9.21. The van der Waals surface area contributed by atoms with Crippen LogP contribution in [0.2, 0.25) is 0 Å². The molecule has 0 saturated carbocycles. The molecule has 0 unspecified atom stereocenters. The number of para-hydroxylation sites is 2. The molecule has 0 bridgehead atoms. The van der Waals surface area contributed by atoms with Gasteiger partial charge in [-0.05, 0) is 24.3 Å². The largest absolute Gasteiger partial charge is 0.494 e. The number of nitrogens with one attached hydrogen (secondary N) is 1. The number of hydrogen-bond acceptors (Lipinski definition) is 8. The summed E-state index contributed by atoms with van der Waals surface area (Å²) in [6.45, 7) is 4.66. The molecule has 1 amide bonds. The highest BCUT2D eigenvalue weighted by molar-refractivity contribution is 7.22. The molecule has 1 saturated heterocycles. The number of amides is 1. The van der Waals surface area contributed by atoms with E-state index in [1.165, 1.54) is 0 Å². The number of benzene rings is 2. The molecule has 1 fully saturated rings. The van der Waals surface area contributed by atoms with E-state index in [1.807, 2.05) is 24.3 Å². The molecule has 1 aliphatic rings. The van der Waals surface area contributed by atoms with Crippen LogP contribution in [0.4, 0.5) is 5.13 Å². The topological polar surface area (TPSA) is 87.9 Å². The van der Waals surface area contributed by atoms with Gasteiger partial charge in [0.2, 0.25) is 0 Å². The molecule has 1 N–H and O–H groups in total. The fourth-order valence-electron chi connectivity index (χ4n) is 4.02. The van der Waals surface area contributed by atoms with E-state index in [1.54, 1.807) is 36.6 Å². The summed E-state index contributed by atoms with van der Waals surface area (Å²) in [5.41, 5.74) is 0.795. The summed E-state index contributed by atoms with van der Waals surface area (Å²) in [5.74, 6) is 0.390. The van der Waals surface area contributed by atoms with Crippen LogP contribution in [0.25, 0.3) is 21.2 Å². The van der Waals surface area contributed by atoms with Crippen LogP contribution in [-0.2, 0) is 0 Å². The minimum atomic E-state index is -0.618. The summed E-state index contributed by atoms with van der Waals surface area (Å²) in [5, 5.41) is 4.58. The third-order valence-corrected chi connectivity index (χ3v) is 6.91. The highest BCUT2D eigenvalue weighted by Crippen LogP contribution is 2.34. The van der Waals surface area contributed by atoms with Crippen molar-refractivity contribution in [1.29, 1.82) is 0 Å². The molecule has 2 aromatic heterocycles. The number of anilines is 1. The summed E-state index contributed by atoms with van der Waals surface area (Å²) in [7, 11) is 1.66. The highest BCUT2D eigenvalue weighted by Gasteiger charge is 2.21. The zero-order chi connectivity index (χ0) is 22.8. The van der Waals surface area contributed by atoms with Crippen molar-refractivity contribution < 1.29 is 13.9 Å². The zero-order valence-electron chi connectivity index (χ0n) is 18.2. The van der Waals surface area contributed by atoms with Crippen molar-refractivity contribution in [3.63, 3.8) is 0 Å². The van der Waals surface area contributed by atoms with Crippen molar-refractivity contribution >= 4 is 43.6 Å². The number of methoxy groups -OCH3 is 1. The Balaban J connectivity index is 1.14. The number of carbonyl (C=O) groups is 1. The maximum absolute atomic E-state index is 12.5. The van der Waals surface area contributed by atoms with Crippen LogP contribution in [0.5, 0.6) is 5.75 Å². The summed E-state index contributed by atoms with van der Waals surface area (Å²) in [6, 6.07) is 14.7. The maximum atomic E-state index is 12.5. The number of nitrogens with zero attached hydrogens (tertiary/aromatic N) is 3. The first kappa shape index (κ1) is 21.4. The highest BCUT2D eigenvalue weighted by atomic mass is 32.1. The molecule has 0 atom stereocenters. The predicted octanol–water partition coefficient (Wildman–Crippen LogP) is 2.96. The van der Waals surface area contributed by atoms with Crippen LogP contribution >= 0.6 is 11.3 Å². The SMILES string of the molecule is COc1cccc2sc(N3CCN(CCNC(=O)c4cc5ccccc5oc4=O)CC3)nc12. The van der Waals surface area contributed by atoms with Crippen molar-refractivity contribution in [2.75, 3.05) is 51.3 Å². The van der Waals surface area contributed by atoms with Gasteiger partial charge in [0.1, 0.15) is 22.4 Å². The Hall–Kier alpha value is -3.43. The van der Waals surface area contributed by atoms with Crippen LogP contribution in [0, 0.1) is 0 Å². The molecule has 0 radical (unpaired) electrons. The van der Waals surface area contributed by atoms with E-state index in [0.29, 0.717) is 18.7 Å². The van der Waals surface area contributed by atoms with Crippen molar-refractivity contribution in [2.24, 2.45) is 0 Å². The standard InChI is InChI=1S/C24H24N4O4S/c1-31-19-7-4-8-20-21(19)26-24(33-20)28-13-11-27(12-14-28)10-9-25-22(29)17-15-16-5-2-3-6-18(16)32-23(17)30/h2-8,15H,9-14H2,1H3,(H,25,29). The van der Waals surface area contributed by atoms with E-state index in [0.717, 1.165) is 52.7 Å². The molecule has 0 spiro atoms. The number of rotatable bonds is 6. The number of hydrogen-bond donors (Lipinski definition) is 1. The van der Waals surface area contributed by atoms with Gasteiger partial charge in [0, 0.05) is 44.7 Å². The van der Waals surface area contributed by atoms with E-state index in [2.05, 4.69) is 21.2 Å². The van der Waals surface area contributed by atoms with Crippen LogP contribution in [0.1, 0.15) is 10.4 Å². The number of fused-ring (bicyclic) bond motifs is 2. The minimum absolute atomic E-state index is 0.0322. The Labute approximate surface area is 194 Å². The molecular weight excluding hydrogens is 440 g/mol. The Bertz CT molecular complexity index is 1360. The van der Waals surface area contributed by atoms with Crippen LogP contribution in [0.3, 0.4) is 0 Å². The van der Waals surface area contributed by atoms with E-state index in [4.69, 9.17) is 14.1 Å². The normalized spacial score (nSPS) is 14.6. The zero-order valence-corrected chi connectivity index (χ0v) is 19.1. The average molecular weight is 465 g/mol. The lowest BCUT2D eigenvalue weighted by Crippen LogP contribution is -2.48. The number of ether oxygens (including phenoxy) is 1. The summed E-state index contributed by atoms with van der Waals surface area (Å²) in [4.78, 5) is 34.0. The summed E-state index contributed by atoms with van der Waals surface area (Å²) < 4.78 is 11.8. The van der Waals surface area contributed by atoms with Crippen molar-refractivity contribution in [3.05, 3.63) is 64.5 Å². The van der Waals surface area contributed by atoms with Gasteiger partial charge >= 0.3 is 5.63 Å². The van der Waals surface area contributed by atoms with Crippen LogP contribution in [0.15, 0.2) is 57.7 Å². The monoisotopic (exact) mass is 464 g/mol. The van der Waals surface area contributed by atoms with Gasteiger partial charge in [-0.1, -0.05) is 35.6 Å². The molecule has 3 heterocycles. The number of thiazole rings is 1. The molecule has 33 heavy (non-hydrogen) atoms. The Morgan fingerprint density at radius 3 is 2.79 bits per heavy atom. The number of carbonyl (C=O) groups excluding carboxylic acids is 1. The Morgan fingerprint density at radius 1 is 1.15 bits per heavy atom. The fraction of sp³-hybridized carbons (Fsp3) is 0.292. The fourth-order valence-corrected chi connectivity index (χ4v) is 5.05. The number of aromatic nitrogens is 1. The first-order valence-electron chi connectivity index (χ1n) is 10.8. The summed E-state index contributed by atoms with van der Waals surface area (Å²) >= 11 is 1.68. The lowest BCUT2D eigenvalue weighted by atomic mass is 10.2. The van der Waals surface area contributed by atoms with Crippen LogP contribution < -0.4 is 20.6 Å². The molecule has 170 valence electrons. The van der Waals surface area contributed by atoms with E-state index >= 15 is 0 Å². The van der Waals surface area contributed by atoms with Gasteiger partial charge in [0.05, 0.1) is 11.8 Å². The van der Waals surface area contributed by atoms with E-state index in [-0.39, 0.29) is 5.56 Å². The smallest absolute Gasteiger partial charge is 0.349 e. The predicted molar refractivity (Wildman–Crippen MR) is 130 cm³/mol. The van der Waals surface area contributed by atoms with Crippen molar-refractivity contribution in [3.8, 4) is 5.75 Å². The lowest BCUT2D eigenvalue weighted by Gasteiger charge is -2.34. The third kappa shape index (κ3) is 4.42. The minimum Gasteiger partial charge on any atom is -0.494 e. The molecule has 0 aliphatic carbocycles. The second-order valence-corrected chi connectivity index (χ2v) is 8.88. The van der Waals surface area contributed by atoms with Gasteiger partial charge in [-0.15, -0.1) is 0 Å². The third-order valence-electron chi connectivity index (χ3n) is 5.83.